The van der Waals surface area contributed by atoms with Crippen molar-refractivity contribution in [2.45, 2.75) is 20.4 Å². The standard InChI is InChI=1S/C16H19N3O3/c1-4-19-14(9-11(2)17-19)16(20)18-7-8-22-15-6-5-12(21-3)10-13(15)18/h5-6,9-10H,4,7-8H2,1-3H3. The molecule has 6 heteroatoms. The zero-order valence-electron chi connectivity index (χ0n) is 13.0. The van der Waals surface area contributed by atoms with Gasteiger partial charge in [-0.1, -0.05) is 0 Å². The molecule has 2 aromatic rings. The van der Waals surface area contributed by atoms with Crippen LogP contribution in [-0.4, -0.2) is 35.9 Å². The van der Waals surface area contributed by atoms with Crippen LogP contribution in [-0.2, 0) is 6.54 Å². The Bertz CT molecular complexity index is 709. The van der Waals surface area contributed by atoms with E-state index in [1.807, 2.05) is 38.1 Å². The van der Waals surface area contributed by atoms with Gasteiger partial charge in [-0.2, -0.15) is 5.10 Å². The van der Waals surface area contributed by atoms with Crippen LogP contribution in [0.1, 0.15) is 23.1 Å². The third kappa shape index (κ3) is 2.41. The number of carbonyl (C=O) groups excluding carboxylic acids is 1. The van der Waals surface area contributed by atoms with Crippen molar-refractivity contribution >= 4 is 11.6 Å². The van der Waals surface area contributed by atoms with Crippen LogP contribution in [0, 0.1) is 6.92 Å². The highest BCUT2D eigenvalue weighted by Crippen LogP contribution is 2.35. The number of fused-ring (bicyclic) bond motifs is 1. The second-order valence-electron chi connectivity index (χ2n) is 5.13. The molecule has 1 amide bonds. The van der Waals surface area contributed by atoms with Crippen molar-refractivity contribution in [1.29, 1.82) is 0 Å². The maximum absolute atomic E-state index is 12.9. The number of anilines is 1. The largest absolute Gasteiger partial charge is 0.497 e. The number of benzene rings is 1. The first-order valence-electron chi connectivity index (χ1n) is 7.31. The maximum atomic E-state index is 12.9. The lowest BCUT2D eigenvalue weighted by Crippen LogP contribution is -2.39. The van der Waals surface area contributed by atoms with E-state index in [4.69, 9.17) is 9.47 Å². The van der Waals surface area contributed by atoms with Gasteiger partial charge in [0.2, 0.25) is 0 Å². The Morgan fingerprint density at radius 2 is 2.23 bits per heavy atom. The Balaban J connectivity index is 2.01. The summed E-state index contributed by atoms with van der Waals surface area (Å²) >= 11 is 0. The molecule has 0 N–H and O–H groups in total. The summed E-state index contributed by atoms with van der Waals surface area (Å²) in [5.41, 5.74) is 2.16. The van der Waals surface area contributed by atoms with Gasteiger partial charge in [0, 0.05) is 12.6 Å². The number of hydrogen-bond donors (Lipinski definition) is 0. The van der Waals surface area contributed by atoms with Gasteiger partial charge in [0.1, 0.15) is 23.8 Å². The molecule has 1 aromatic carbocycles. The molecule has 0 aliphatic carbocycles. The van der Waals surface area contributed by atoms with Gasteiger partial charge in [-0.05, 0) is 32.0 Å². The monoisotopic (exact) mass is 301 g/mol. The van der Waals surface area contributed by atoms with Crippen molar-refractivity contribution < 1.29 is 14.3 Å². The Kier molecular flexibility index (Phi) is 3.75. The number of nitrogens with zero attached hydrogens (tertiary/aromatic N) is 3. The molecule has 6 nitrogen and oxygen atoms in total. The lowest BCUT2D eigenvalue weighted by atomic mass is 10.2. The van der Waals surface area contributed by atoms with Crippen LogP contribution in [0.4, 0.5) is 5.69 Å². The molecule has 22 heavy (non-hydrogen) atoms. The van der Waals surface area contributed by atoms with E-state index in [1.165, 1.54) is 0 Å². The molecule has 0 saturated heterocycles. The van der Waals surface area contributed by atoms with Crippen LogP contribution < -0.4 is 14.4 Å². The summed E-state index contributed by atoms with van der Waals surface area (Å²) in [4.78, 5) is 14.7. The number of aromatic nitrogens is 2. The minimum atomic E-state index is -0.0692. The van der Waals surface area contributed by atoms with Crippen LogP contribution in [0.25, 0.3) is 0 Å². The number of carbonyl (C=O) groups is 1. The molecule has 1 aliphatic heterocycles. The summed E-state index contributed by atoms with van der Waals surface area (Å²) in [7, 11) is 1.60. The predicted octanol–water partition coefficient (Wildman–Crippen LogP) is 2.26. The van der Waals surface area contributed by atoms with Crippen LogP contribution in [0.15, 0.2) is 24.3 Å². The fourth-order valence-corrected chi connectivity index (χ4v) is 2.63. The highest BCUT2D eigenvalue weighted by Gasteiger charge is 2.27. The third-order valence-corrected chi connectivity index (χ3v) is 3.70. The summed E-state index contributed by atoms with van der Waals surface area (Å²) in [6, 6.07) is 7.30. The minimum absolute atomic E-state index is 0.0692. The molecular weight excluding hydrogens is 282 g/mol. The van der Waals surface area contributed by atoms with Gasteiger partial charge in [-0.3, -0.25) is 9.48 Å². The Hall–Kier alpha value is -2.50. The van der Waals surface area contributed by atoms with Crippen LogP contribution >= 0.6 is 0 Å². The first kappa shape index (κ1) is 14.4. The molecular formula is C16H19N3O3. The van der Waals surface area contributed by atoms with E-state index in [2.05, 4.69) is 5.10 Å². The number of hydrogen-bond acceptors (Lipinski definition) is 4. The van der Waals surface area contributed by atoms with Gasteiger partial charge in [-0.25, -0.2) is 0 Å². The van der Waals surface area contributed by atoms with Crippen molar-refractivity contribution in [1.82, 2.24) is 9.78 Å². The van der Waals surface area contributed by atoms with Crippen molar-refractivity contribution in [2.75, 3.05) is 25.2 Å². The van der Waals surface area contributed by atoms with Gasteiger partial charge in [0.25, 0.3) is 5.91 Å². The van der Waals surface area contributed by atoms with E-state index in [1.54, 1.807) is 16.7 Å². The molecule has 1 aliphatic rings. The maximum Gasteiger partial charge on any atom is 0.276 e. The molecule has 3 rings (SSSR count). The van der Waals surface area contributed by atoms with E-state index in [9.17, 15) is 4.79 Å². The number of amides is 1. The van der Waals surface area contributed by atoms with E-state index in [0.29, 0.717) is 36.9 Å². The highest BCUT2D eigenvalue weighted by molar-refractivity contribution is 6.06. The Morgan fingerprint density at radius 1 is 1.41 bits per heavy atom. The average Bonchev–Trinajstić information content (AvgIpc) is 2.94. The van der Waals surface area contributed by atoms with E-state index < -0.39 is 0 Å². The smallest absolute Gasteiger partial charge is 0.276 e. The topological polar surface area (TPSA) is 56.6 Å². The second kappa shape index (κ2) is 5.71. The molecule has 0 atom stereocenters. The van der Waals surface area contributed by atoms with Crippen molar-refractivity contribution in [3.05, 3.63) is 35.7 Å². The first-order chi connectivity index (χ1) is 10.6. The summed E-state index contributed by atoms with van der Waals surface area (Å²) in [6.07, 6.45) is 0. The van der Waals surface area contributed by atoms with Crippen molar-refractivity contribution in [2.24, 2.45) is 0 Å². The van der Waals surface area contributed by atoms with Crippen LogP contribution in [0.2, 0.25) is 0 Å². The fraction of sp³-hybridized carbons (Fsp3) is 0.375. The second-order valence-corrected chi connectivity index (χ2v) is 5.13. The molecule has 0 saturated carbocycles. The quantitative estimate of drug-likeness (QED) is 0.872. The zero-order valence-corrected chi connectivity index (χ0v) is 13.0. The Morgan fingerprint density at radius 3 is 2.95 bits per heavy atom. The number of rotatable bonds is 3. The van der Waals surface area contributed by atoms with Gasteiger partial charge < -0.3 is 14.4 Å². The molecule has 0 radical (unpaired) electrons. The van der Waals surface area contributed by atoms with Gasteiger partial charge in [-0.15, -0.1) is 0 Å². The average molecular weight is 301 g/mol. The number of aryl methyl sites for hydroxylation is 2. The summed E-state index contributed by atoms with van der Waals surface area (Å²) in [5.74, 6) is 1.32. The Labute approximate surface area is 129 Å². The normalized spacial score (nSPS) is 13.5. The third-order valence-electron chi connectivity index (χ3n) is 3.70. The van der Waals surface area contributed by atoms with E-state index in [-0.39, 0.29) is 5.91 Å². The SMILES string of the molecule is CCn1nc(C)cc1C(=O)N1CCOc2ccc(OC)cc21. The lowest BCUT2D eigenvalue weighted by Gasteiger charge is -2.29. The summed E-state index contributed by atoms with van der Waals surface area (Å²) < 4.78 is 12.6. The molecule has 116 valence electrons. The molecule has 1 aromatic heterocycles. The summed E-state index contributed by atoms with van der Waals surface area (Å²) in [6.45, 7) is 5.50. The predicted molar refractivity (Wildman–Crippen MR) is 82.8 cm³/mol. The number of ether oxygens (including phenoxy) is 2. The first-order valence-corrected chi connectivity index (χ1v) is 7.31. The molecule has 0 spiro atoms. The molecule has 0 bridgehead atoms. The summed E-state index contributed by atoms with van der Waals surface area (Å²) in [5, 5.41) is 4.35. The van der Waals surface area contributed by atoms with Crippen LogP contribution in [0.3, 0.4) is 0 Å². The van der Waals surface area contributed by atoms with Crippen LogP contribution in [0.5, 0.6) is 11.5 Å². The van der Waals surface area contributed by atoms with Gasteiger partial charge in [0.15, 0.2) is 0 Å². The van der Waals surface area contributed by atoms with Crippen molar-refractivity contribution in [3.8, 4) is 11.5 Å². The minimum Gasteiger partial charge on any atom is -0.497 e. The van der Waals surface area contributed by atoms with E-state index >= 15 is 0 Å². The van der Waals surface area contributed by atoms with Gasteiger partial charge in [0.05, 0.1) is 25.0 Å². The van der Waals surface area contributed by atoms with E-state index in [0.717, 1.165) is 11.4 Å². The molecule has 0 unspecified atom stereocenters. The zero-order chi connectivity index (χ0) is 15.7. The van der Waals surface area contributed by atoms with Gasteiger partial charge >= 0.3 is 0 Å². The fourth-order valence-electron chi connectivity index (χ4n) is 2.63. The number of methoxy groups -OCH3 is 1. The lowest BCUT2D eigenvalue weighted by molar-refractivity contribution is 0.0966. The van der Waals surface area contributed by atoms with Crippen molar-refractivity contribution in [3.63, 3.8) is 0 Å². The molecule has 2 heterocycles. The highest BCUT2D eigenvalue weighted by atomic mass is 16.5. The molecule has 0 fully saturated rings.